The zero-order valence-electron chi connectivity index (χ0n) is 10.3. The molecule has 0 spiro atoms. The zero-order chi connectivity index (χ0) is 11.8. The Hall–Kier alpha value is -1.25. The van der Waals surface area contributed by atoms with Crippen LogP contribution < -0.4 is 0 Å². The number of fused-ring (bicyclic) bond motifs is 3. The topological polar surface area (TPSA) is 29.5 Å². The predicted octanol–water partition coefficient (Wildman–Crippen LogP) is 2.10. The second-order valence-electron chi connectivity index (χ2n) is 5.22. The fraction of sp³-hybridized carbons (Fsp3) is 0.643. The van der Waals surface area contributed by atoms with Gasteiger partial charge in [0.05, 0.1) is 13.0 Å². The second kappa shape index (κ2) is 4.21. The van der Waals surface area contributed by atoms with Crippen molar-refractivity contribution in [2.45, 2.75) is 31.7 Å². The Morgan fingerprint density at radius 3 is 3.24 bits per heavy atom. The maximum absolute atomic E-state index is 11.9. The van der Waals surface area contributed by atoms with Gasteiger partial charge in [-0.05, 0) is 31.8 Å². The van der Waals surface area contributed by atoms with Gasteiger partial charge in [0, 0.05) is 24.2 Å². The molecule has 3 rings (SSSR count). The molecule has 0 radical (unpaired) electrons. The number of hydrogen-bond donors (Lipinski definition) is 0. The summed E-state index contributed by atoms with van der Waals surface area (Å²) in [4.78, 5) is 14.4. The van der Waals surface area contributed by atoms with Crippen LogP contribution in [-0.4, -0.2) is 30.6 Å². The van der Waals surface area contributed by atoms with E-state index in [1.165, 1.54) is 19.2 Å². The lowest BCUT2D eigenvalue weighted by Gasteiger charge is -2.43. The van der Waals surface area contributed by atoms with Gasteiger partial charge in [0.2, 0.25) is 0 Å². The van der Waals surface area contributed by atoms with Crippen molar-refractivity contribution < 1.29 is 9.53 Å². The molecule has 0 saturated carbocycles. The lowest BCUT2D eigenvalue weighted by molar-refractivity contribution is -0.149. The van der Waals surface area contributed by atoms with Gasteiger partial charge in [0.25, 0.3) is 0 Å². The van der Waals surface area contributed by atoms with Crippen LogP contribution in [0.2, 0.25) is 0 Å². The van der Waals surface area contributed by atoms with Gasteiger partial charge in [-0.15, -0.1) is 0 Å². The van der Waals surface area contributed by atoms with Crippen LogP contribution in [0.5, 0.6) is 0 Å². The van der Waals surface area contributed by atoms with E-state index < -0.39 is 0 Å². The minimum absolute atomic E-state index is 0.0181. The average molecular weight is 233 g/mol. The highest BCUT2D eigenvalue weighted by Gasteiger charge is 2.44. The number of allylic oxidation sites excluding steroid dienone is 4. The first-order valence-corrected chi connectivity index (χ1v) is 6.52. The molecular formula is C14H19NO2. The van der Waals surface area contributed by atoms with E-state index in [-0.39, 0.29) is 11.9 Å². The van der Waals surface area contributed by atoms with Gasteiger partial charge in [-0.1, -0.05) is 12.2 Å². The number of carbonyl (C=O) groups excluding carboxylic acids is 1. The fourth-order valence-electron chi connectivity index (χ4n) is 3.61. The highest BCUT2D eigenvalue weighted by Crippen LogP contribution is 2.43. The van der Waals surface area contributed by atoms with E-state index in [0.717, 1.165) is 25.8 Å². The lowest BCUT2D eigenvalue weighted by Crippen LogP contribution is -2.46. The first-order valence-electron chi connectivity index (χ1n) is 6.52. The highest BCUT2D eigenvalue weighted by molar-refractivity contribution is 5.73. The summed E-state index contributed by atoms with van der Waals surface area (Å²) in [6.45, 7) is 1.11. The molecule has 2 saturated heterocycles. The SMILES string of the molecule is COC(=O)C1CC2CC=CC=C2N2CCCC12. The smallest absolute Gasteiger partial charge is 0.310 e. The molecule has 3 aliphatic rings. The first-order chi connectivity index (χ1) is 8.31. The summed E-state index contributed by atoms with van der Waals surface area (Å²) in [5.41, 5.74) is 1.45. The van der Waals surface area contributed by atoms with E-state index in [2.05, 4.69) is 23.1 Å². The fourth-order valence-corrected chi connectivity index (χ4v) is 3.61. The molecule has 0 N–H and O–H groups in total. The minimum atomic E-state index is -0.0181. The third kappa shape index (κ3) is 1.68. The maximum Gasteiger partial charge on any atom is 0.310 e. The van der Waals surface area contributed by atoms with Crippen molar-refractivity contribution in [3.63, 3.8) is 0 Å². The van der Waals surface area contributed by atoms with Crippen molar-refractivity contribution >= 4 is 5.97 Å². The summed E-state index contributed by atoms with van der Waals surface area (Å²) in [7, 11) is 1.51. The molecule has 2 heterocycles. The van der Waals surface area contributed by atoms with Gasteiger partial charge in [-0.2, -0.15) is 0 Å². The van der Waals surface area contributed by atoms with E-state index in [1.54, 1.807) is 0 Å². The third-order valence-electron chi connectivity index (χ3n) is 4.38. The molecule has 0 aromatic heterocycles. The molecule has 3 atom stereocenters. The number of hydrogen-bond acceptors (Lipinski definition) is 3. The molecule has 2 fully saturated rings. The molecule has 0 aromatic carbocycles. The number of ether oxygens (including phenoxy) is 1. The van der Waals surface area contributed by atoms with Crippen LogP contribution in [-0.2, 0) is 9.53 Å². The molecule has 3 nitrogen and oxygen atoms in total. The van der Waals surface area contributed by atoms with Gasteiger partial charge in [-0.25, -0.2) is 0 Å². The Kier molecular flexibility index (Phi) is 2.69. The van der Waals surface area contributed by atoms with Crippen molar-refractivity contribution in [3.8, 4) is 0 Å². The number of esters is 1. The van der Waals surface area contributed by atoms with Crippen LogP contribution in [0.4, 0.5) is 0 Å². The first kappa shape index (κ1) is 10.9. The van der Waals surface area contributed by atoms with Crippen molar-refractivity contribution in [1.82, 2.24) is 4.90 Å². The van der Waals surface area contributed by atoms with Crippen LogP contribution in [0.1, 0.15) is 25.7 Å². The van der Waals surface area contributed by atoms with Gasteiger partial charge >= 0.3 is 5.97 Å². The van der Waals surface area contributed by atoms with E-state index in [1.807, 2.05) is 0 Å². The highest BCUT2D eigenvalue weighted by atomic mass is 16.5. The lowest BCUT2D eigenvalue weighted by atomic mass is 9.78. The summed E-state index contributed by atoms with van der Waals surface area (Å²) in [6, 6.07) is 0.386. The molecular weight excluding hydrogens is 214 g/mol. The maximum atomic E-state index is 11.9. The Bertz CT molecular complexity index is 386. The number of nitrogens with zero attached hydrogens (tertiary/aromatic N) is 1. The number of carbonyl (C=O) groups is 1. The minimum Gasteiger partial charge on any atom is -0.469 e. The Morgan fingerprint density at radius 1 is 1.53 bits per heavy atom. The summed E-state index contributed by atoms with van der Waals surface area (Å²) in [5.74, 6) is 0.588. The average Bonchev–Trinajstić information content (AvgIpc) is 2.86. The molecule has 3 unspecified atom stereocenters. The van der Waals surface area contributed by atoms with Crippen LogP contribution in [0.3, 0.4) is 0 Å². The largest absolute Gasteiger partial charge is 0.469 e. The predicted molar refractivity (Wildman–Crippen MR) is 65.2 cm³/mol. The standard InChI is InChI=1S/C14H19NO2/c1-17-14(16)11-9-10-5-2-3-6-12(10)15-8-4-7-13(11)15/h2-3,6,10-11,13H,4-5,7-9H2,1H3. The van der Waals surface area contributed by atoms with Gasteiger partial charge in [0.1, 0.15) is 0 Å². The van der Waals surface area contributed by atoms with E-state index in [9.17, 15) is 4.79 Å². The van der Waals surface area contributed by atoms with Crippen LogP contribution >= 0.6 is 0 Å². The Balaban J connectivity index is 1.90. The van der Waals surface area contributed by atoms with Gasteiger partial charge < -0.3 is 9.64 Å². The van der Waals surface area contributed by atoms with E-state index in [0.29, 0.717) is 12.0 Å². The second-order valence-corrected chi connectivity index (χ2v) is 5.22. The molecule has 1 aliphatic carbocycles. The molecule has 92 valence electrons. The monoisotopic (exact) mass is 233 g/mol. The van der Waals surface area contributed by atoms with Crippen molar-refractivity contribution in [3.05, 3.63) is 23.9 Å². The Morgan fingerprint density at radius 2 is 2.41 bits per heavy atom. The quantitative estimate of drug-likeness (QED) is 0.650. The van der Waals surface area contributed by atoms with Gasteiger partial charge in [0.15, 0.2) is 0 Å². The van der Waals surface area contributed by atoms with E-state index in [4.69, 9.17) is 4.74 Å². The summed E-state index contributed by atoms with van der Waals surface area (Å²) in [5, 5.41) is 0. The summed E-state index contributed by atoms with van der Waals surface area (Å²) < 4.78 is 4.97. The van der Waals surface area contributed by atoms with Gasteiger partial charge in [-0.3, -0.25) is 4.79 Å². The molecule has 17 heavy (non-hydrogen) atoms. The van der Waals surface area contributed by atoms with Crippen LogP contribution in [0.15, 0.2) is 23.9 Å². The molecule has 3 heteroatoms. The normalized spacial score (nSPS) is 35.0. The number of piperidine rings is 1. The third-order valence-corrected chi connectivity index (χ3v) is 4.38. The molecule has 0 aromatic rings. The van der Waals surface area contributed by atoms with Crippen LogP contribution in [0, 0.1) is 11.8 Å². The molecule has 2 aliphatic heterocycles. The van der Waals surface area contributed by atoms with Crippen molar-refractivity contribution in [2.24, 2.45) is 11.8 Å². The number of rotatable bonds is 1. The Labute approximate surface area is 102 Å². The molecule has 0 bridgehead atoms. The van der Waals surface area contributed by atoms with Crippen LogP contribution in [0.25, 0.3) is 0 Å². The number of methoxy groups -OCH3 is 1. The van der Waals surface area contributed by atoms with E-state index >= 15 is 0 Å². The summed E-state index contributed by atoms with van der Waals surface area (Å²) >= 11 is 0. The molecule has 0 amide bonds. The van der Waals surface area contributed by atoms with Crippen molar-refractivity contribution in [1.29, 1.82) is 0 Å². The van der Waals surface area contributed by atoms with Crippen molar-refractivity contribution in [2.75, 3.05) is 13.7 Å². The zero-order valence-corrected chi connectivity index (χ0v) is 10.3. The summed E-state index contributed by atoms with van der Waals surface area (Å²) in [6.07, 6.45) is 11.0.